The molecule has 106 valence electrons. The Morgan fingerprint density at radius 1 is 1.15 bits per heavy atom. The van der Waals surface area contributed by atoms with Gasteiger partial charge in [-0.3, -0.25) is 0 Å². The van der Waals surface area contributed by atoms with Crippen LogP contribution in [0.1, 0.15) is 5.56 Å². The van der Waals surface area contributed by atoms with Gasteiger partial charge in [-0.2, -0.15) is 0 Å². The van der Waals surface area contributed by atoms with Crippen LogP contribution >= 0.6 is 11.6 Å². The Balaban J connectivity index is 2.01. The van der Waals surface area contributed by atoms with Crippen LogP contribution in [0.2, 0.25) is 5.15 Å². The molecular formula is C13H10ClF3N2O. The first-order chi connectivity index (χ1) is 9.42. The number of anilines is 1. The van der Waals surface area contributed by atoms with E-state index in [4.69, 9.17) is 11.6 Å². The van der Waals surface area contributed by atoms with Crippen LogP contribution in [0.4, 0.5) is 19.0 Å². The summed E-state index contributed by atoms with van der Waals surface area (Å²) in [5.74, 6) is 0.287. The third kappa shape index (κ3) is 4.62. The number of ether oxygens (including phenoxy) is 1. The third-order valence-corrected chi connectivity index (χ3v) is 2.53. The second-order valence-corrected chi connectivity index (χ2v) is 4.28. The molecule has 7 heteroatoms. The molecule has 0 unspecified atom stereocenters. The van der Waals surface area contributed by atoms with E-state index in [1.54, 1.807) is 24.3 Å². The van der Waals surface area contributed by atoms with Crippen LogP contribution in [-0.2, 0) is 6.54 Å². The molecule has 0 fully saturated rings. The van der Waals surface area contributed by atoms with E-state index >= 15 is 0 Å². The summed E-state index contributed by atoms with van der Waals surface area (Å²) in [6.07, 6.45) is -4.69. The smallest absolute Gasteiger partial charge is 0.406 e. The summed E-state index contributed by atoms with van der Waals surface area (Å²) in [6.45, 7) is 0.308. The molecule has 3 nitrogen and oxygen atoms in total. The second-order valence-electron chi connectivity index (χ2n) is 3.89. The number of nitrogens with zero attached hydrogens (tertiary/aromatic N) is 1. The lowest BCUT2D eigenvalue weighted by Gasteiger charge is -2.10. The molecule has 1 aromatic carbocycles. The van der Waals surface area contributed by atoms with Crippen molar-refractivity contribution in [2.45, 2.75) is 12.9 Å². The van der Waals surface area contributed by atoms with Gasteiger partial charge in [0.25, 0.3) is 0 Å². The quantitative estimate of drug-likeness (QED) is 0.858. The first-order valence-corrected chi connectivity index (χ1v) is 6.01. The van der Waals surface area contributed by atoms with E-state index in [1.807, 2.05) is 0 Å². The first kappa shape index (κ1) is 14.5. The van der Waals surface area contributed by atoms with Crippen molar-refractivity contribution in [3.05, 3.63) is 53.2 Å². The molecule has 2 aromatic rings. The second kappa shape index (κ2) is 6.00. The van der Waals surface area contributed by atoms with Crippen molar-refractivity contribution in [2.24, 2.45) is 0 Å². The summed E-state index contributed by atoms with van der Waals surface area (Å²) in [5.41, 5.74) is 0.633. The summed E-state index contributed by atoms with van der Waals surface area (Å²) in [7, 11) is 0. The first-order valence-electron chi connectivity index (χ1n) is 5.63. The van der Waals surface area contributed by atoms with E-state index in [2.05, 4.69) is 15.0 Å². The summed E-state index contributed by atoms with van der Waals surface area (Å²) >= 11 is 5.73. The summed E-state index contributed by atoms with van der Waals surface area (Å²) in [6, 6.07) is 10.8. The van der Waals surface area contributed by atoms with Gasteiger partial charge in [-0.05, 0) is 29.8 Å². The zero-order valence-corrected chi connectivity index (χ0v) is 10.9. The molecule has 1 aromatic heterocycles. The highest BCUT2D eigenvalue weighted by molar-refractivity contribution is 6.29. The molecule has 0 bridgehead atoms. The third-order valence-electron chi connectivity index (χ3n) is 2.32. The highest BCUT2D eigenvalue weighted by atomic mass is 35.5. The fourth-order valence-electron chi connectivity index (χ4n) is 1.55. The van der Waals surface area contributed by atoms with E-state index < -0.39 is 6.36 Å². The van der Waals surface area contributed by atoms with Crippen LogP contribution in [-0.4, -0.2) is 11.3 Å². The highest BCUT2D eigenvalue weighted by Crippen LogP contribution is 2.23. The molecule has 0 atom stereocenters. The molecule has 20 heavy (non-hydrogen) atoms. The predicted molar refractivity (Wildman–Crippen MR) is 69.7 cm³/mol. The Kier molecular flexibility index (Phi) is 4.34. The fourth-order valence-corrected chi connectivity index (χ4v) is 1.72. The molecule has 0 aliphatic carbocycles. The lowest BCUT2D eigenvalue weighted by molar-refractivity contribution is -0.274. The van der Waals surface area contributed by atoms with Crippen LogP contribution in [0, 0.1) is 0 Å². The minimum atomic E-state index is -4.69. The van der Waals surface area contributed by atoms with Crippen molar-refractivity contribution in [1.82, 2.24) is 4.98 Å². The number of hydrogen-bond acceptors (Lipinski definition) is 3. The predicted octanol–water partition coefficient (Wildman–Crippen LogP) is 4.25. The summed E-state index contributed by atoms with van der Waals surface area (Å²) in [5, 5.41) is 3.30. The maximum atomic E-state index is 12.1. The van der Waals surface area contributed by atoms with Crippen molar-refractivity contribution < 1.29 is 17.9 Å². The lowest BCUT2D eigenvalue weighted by atomic mass is 10.2. The zero-order valence-electron chi connectivity index (χ0n) is 10.1. The van der Waals surface area contributed by atoms with Gasteiger partial charge in [-0.1, -0.05) is 29.8 Å². The van der Waals surface area contributed by atoms with E-state index in [0.29, 0.717) is 23.1 Å². The standard InChI is InChI=1S/C13H10ClF3N2O/c14-11-5-2-6-12(19-11)18-8-9-3-1-4-10(7-9)20-13(15,16)17/h1-7H,8H2,(H,18,19). The molecule has 2 rings (SSSR count). The van der Waals surface area contributed by atoms with Crippen molar-refractivity contribution in [2.75, 3.05) is 5.32 Å². The van der Waals surface area contributed by atoms with Crippen molar-refractivity contribution in [1.29, 1.82) is 0 Å². The fraction of sp³-hybridized carbons (Fsp3) is 0.154. The Labute approximate surface area is 118 Å². The van der Waals surface area contributed by atoms with Crippen molar-refractivity contribution in [3.63, 3.8) is 0 Å². The number of rotatable bonds is 4. The van der Waals surface area contributed by atoms with Gasteiger partial charge in [0, 0.05) is 6.54 Å². The minimum absolute atomic E-state index is 0.254. The molecule has 1 heterocycles. The lowest BCUT2D eigenvalue weighted by Crippen LogP contribution is -2.17. The molecule has 0 saturated heterocycles. The topological polar surface area (TPSA) is 34.1 Å². The number of pyridine rings is 1. The number of hydrogen-bond donors (Lipinski definition) is 1. The number of halogens is 4. The number of alkyl halides is 3. The molecule has 0 spiro atoms. The normalized spacial score (nSPS) is 11.2. The van der Waals surface area contributed by atoms with E-state index in [1.165, 1.54) is 18.2 Å². The SMILES string of the molecule is FC(F)(F)Oc1cccc(CNc2cccc(Cl)n2)c1. The van der Waals surface area contributed by atoms with Gasteiger partial charge in [0.05, 0.1) is 0 Å². The minimum Gasteiger partial charge on any atom is -0.406 e. The van der Waals surface area contributed by atoms with Gasteiger partial charge < -0.3 is 10.1 Å². The molecule has 0 radical (unpaired) electrons. The molecular weight excluding hydrogens is 293 g/mol. The van der Waals surface area contributed by atoms with Crippen LogP contribution in [0.3, 0.4) is 0 Å². The van der Waals surface area contributed by atoms with Gasteiger partial charge in [0.2, 0.25) is 0 Å². The molecule has 0 aliphatic rings. The van der Waals surface area contributed by atoms with Gasteiger partial charge in [0.1, 0.15) is 16.7 Å². The van der Waals surface area contributed by atoms with Gasteiger partial charge in [-0.25, -0.2) is 4.98 Å². The van der Waals surface area contributed by atoms with Crippen LogP contribution in [0.25, 0.3) is 0 Å². The number of benzene rings is 1. The average molecular weight is 303 g/mol. The molecule has 0 saturated carbocycles. The number of nitrogens with one attached hydrogen (secondary N) is 1. The largest absolute Gasteiger partial charge is 0.573 e. The van der Waals surface area contributed by atoms with Crippen molar-refractivity contribution >= 4 is 17.4 Å². The number of aromatic nitrogens is 1. The average Bonchev–Trinajstić information content (AvgIpc) is 2.35. The highest BCUT2D eigenvalue weighted by Gasteiger charge is 2.31. The Bertz CT molecular complexity index is 590. The zero-order chi connectivity index (χ0) is 14.6. The van der Waals surface area contributed by atoms with Crippen molar-refractivity contribution in [3.8, 4) is 5.75 Å². The van der Waals surface area contributed by atoms with Gasteiger partial charge >= 0.3 is 6.36 Å². The molecule has 0 aliphatic heterocycles. The van der Waals surface area contributed by atoms with Crippen LogP contribution in [0.5, 0.6) is 5.75 Å². The molecule has 1 N–H and O–H groups in total. The monoisotopic (exact) mass is 302 g/mol. The Hall–Kier alpha value is -1.95. The summed E-state index contributed by atoms with van der Waals surface area (Å²) in [4.78, 5) is 4.01. The van der Waals surface area contributed by atoms with E-state index in [9.17, 15) is 13.2 Å². The van der Waals surface area contributed by atoms with Gasteiger partial charge in [0.15, 0.2) is 0 Å². The Morgan fingerprint density at radius 3 is 2.60 bits per heavy atom. The van der Waals surface area contributed by atoms with Crippen LogP contribution in [0.15, 0.2) is 42.5 Å². The van der Waals surface area contributed by atoms with Gasteiger partial charge in [-0.15, -0.1) is 13.2 Å². The maximum Gasteiger partial charge on any atom is 0.573 e. The van der Waals surface area contributed by atoms with E-state index in [-0.39, 0.29) is 5.75 Å². The van der Waals surface area contributed by atoms with Crippen LogP contribution < -0.4 is 10.1 Å². The molecule has 0 amide bonds. The van der Waals surface area contributed by atoms with E-state index in [0.717, 1.165) is 0 Å². The maximum absolute atomic E-state index is 12.1. The summed E-state index contributed by atoms with van der Waals surface area (Å²) < 4.78 is 40.2. The Morgan fingerprint density at radius 2 is 1.90 bits per heavy atom.